The van der Waals surface area contributed by atoms with Gasteiger partial charge in [0.1, 0.15) is 0 Å². The molecule has 0 aromatic heterocycles. The SMILES string of the molecule is O=C(NCCC1CCC1)C(F)F. The van der Waals surface area contributed by atoms with Crippen molar-refractivity contribution in [3.8, 4) is 0 Å². The molecule has 0 bridgehead atoms. The number of amides is 1. The molecule has 0 aromatic carbocycles. The fourth-order valence-corrected chi connectivity index (χ4v) is 1.26. The molecule has 1 fully saturated rings. The third-order valence-corrected chi connectivity index (χ3v) is 2.27. The molecule has 4 heteroatoms. The molecule has 0 aliphatic heterocycles. The fourth-order valence-electron chi connectivity index (χ4n) is 1.26. The third kappa shape index (κ3) is 2.75. The molecule has 1 rings (SSSR count). The summed E-state index contributed by atoms with van der Waals surface area (Å²) in [7, 11) is 0. The van der Waals surface area contributed by atoms with Crippen LogP contribution in [-0.2, 0) is 4.79 Å². The molecule has 0 saturated heterocycles. The molecule has 1 amide bonds. The van der Waals surface area contributed by atoms with Gasteiger partial charge in [0.25, 0.3) is 5.91 Å². The highest BCUT2D eigenvalue weighted by atomic mass is 19.3. The van der Waals surface area contributed by atoms with E-state index in [0.29, 0.717) is 12.5 Å². The van der Waals surface area contributed by atoms with E-state index >= 15 is 0 Å². The first-order valence-electron chi connectivity index (χ1n) is 4.26. The molecule has 0 atom stereocenters. The maximum absolute atomic E-state index is 11.6. The third-order valence-electron chi connectivity index (χ3n) is 2.27. The van der Waals surface area contributed by atoms with Crippen LogP contribution in [0.2, 0.25) is 0 Å². The molecular formula is C8H13F2NO. The van der Waals surface area contributed by atoms with Crippen LogP contribution in [0.5, 0.6) is 0 Å². The summed E-state index contributed by atoms with van der Waals surface area (Å²) in [5, 5.41) is 2.19. The van der Waals surface area contributed by atoms with Gasteiger partial charge in [-0.2, -0.15) is 8.78 Å². The minimum absolute atomic E-state index is 0.397. The van der Waals surface area contributed by atoms with Crippen molar-refractivity contribution in [3.05, 3.63) is 0 Å². The predicted octanol–water partition coefficient (Wildman–Crippen LogP) is 1.56. The molecule has 1 N–H and O–H groups in total. The van der Waals surface area contributed by atoms with Crippen LogP contribution in [0.3, 0.4) is 0 Å². The highest BCUT2D eigenvalue weighted by Crippen LogP contribution is 2.28. The lowest BCUT2D eigenvalue weighted by atomic mass is 9.83. The molecule has 1 aliphatic carbocycles. The van der Waals surface area contributed by atoms with Crippen LogP contribution in [0.15, 0.2) is 0 Å². The van der Waals surface area contributed by atoms with Crippen LogP contribution in [0.25, 0.3) is 0 Å². The highest BCUT2D eigenvalue weighted by molar-refractivity contribution is 5.78. The van der Waals surface area contributed by atoms with E-state index in [9.17, 15) is 13.6 Å². The zero-order valence-corrected chi connectivity index (χ0v) is 6.85. The summed E-state index contributed by atoms with van der Waals surface area (Å²) < 4.78 is 23.3. The van der Waals surface area contributed by atoms with Crippen molar-refractivity contribution in [2.45, 2.75) is 32.1 Å². The van der Waals surface area contributed by atoms with E-state index < -0.39 is 12.3 Å². The first kappa shape index (κ1) is 9.42. The molecule has 0 unspecified atom stereocenters. The zero-order chi connectivity index (χ0) is 8.97. The van der Waals surface area contributed by atoms with E-state index in [-0.39, 0.29) is 0 Å². The number of nitrogens with one attached hydrogen (secondary N) is 1. The van der Waals surface area contributed by atoms with E-state index in [0.717, 1.165) is 6.42 Å². The first-order valence-corrected chi connectivity index (χ1v) is 4.26. The van der Waals surface area contributed by atoms with Crippen molar-refractivity contribution in [1.82, 2.24) is 5.32 Å². The van der Waals surface area contributed by atoms with Gasteiger partial charge in [0.2, 0.25) is 0 Å². The van der Waals surface area contributed by atoms with Gasteiger partial charge in [-0.15, -0.1) is 0 Å². The summed E-state index contributed by atoms with van der Waals surface area (Å²) in [6.45, 7) is 0.397. The second-order valence-corrected chi connectivity index (χ2v) is 3.18. The van der Waals surface area contributed by atoms with Gasteiger partial charge in [-0.1, -0.05) is 19.3 Å². The average Bonchev–Trinajstić information content (AvgIpc) is 1.93. The van der Waals surface area contributed by atoms with Crippen LogP contribution < -0.4 is 5.32 Å². The second kappa shape index (κ2) is 4.38. The lowest BCUT2D eigenvalue weighted by Crippen LogP contribution is -2.31. The van der Waals surface area contributed by atoms with Crippen LogP contribution in [-0.4, -0.2) is 18.9 Å². The maximum atomic E-state index is 11.6. The normalized spacial score (nSPS) is 17.6. The molecule has 0 radical (unpaired) electrons. The van der Waals surface area contributed by atoms with Crippen LogP contribution >= 0.6 is 0 Å². The van der Waals surface area contributed by atoms with Gasteiger partial charge in [0.15, 0.2) is 0 Å². The molecule has 70 valence electrons. The average molecular weight is 177 g/mol. The number of hydrogen-bond donors (Lipinski definition) is 1. The number of carbonyl (C=O) groups is 1. The van der Waals surface area contributed by atoms with Crippen molar-refractivity contribution < 1.29 is 13.6 Å². The molecular weight excluding hydrogens is 164 g/mol. The second-order valence-electron chi connectivity index (χ2n) is 3.18. The number of carbonyl (C=O) groups excluding carboxylic acids is 1. The van der Waals surface area contributed by atoms with Crippen LogP contribution in [0.1, 0.15) is 25.7 Å². The topological polar surface area (TPSA) is 29.1 Å². The maximum Gasteiger partial charge on any atom is 0.315 e. The van der Waals surface area contributed by atoms with Gasteiger partial charge in [0.05, 0.1) is 0 Å². The Morgan fingerprint density at radius 2 is 2.17 bits per heavy atom. The molecule has 1 aliphatic rings. The lowest BCUT2D eigenvalue weighted by molar-refractivity contribution is -0.131. The molecule has 0 aromatic rings. The standard InChI is InChI=1S/C8H13F2NO/c9-7(10)8(12)11-5-4-6-2-1-3-6/h6-7H,1-5H2,(H,11,12). The summed E-state index contributed by atoms with van der Waals surface area (Å²) in [6.07, 6.45) is 1.59. The van der Waals surface area contributed by atoms with E-state index in [1.165, 1.54) is 19.3 Å². The van der Waals surface area contributed by atoms with Gasteiger partial charge < -0.3 is 5.32 Å². The summed E-state index contributed by atoms with van der Waals surface area (Å²) >= 11 is 0. The molecule has 0 spiro atoms. The van der Waals surface area contributed by atoms with Gasteiger partial charge in [-0.3, -0.25) is 4.79 Å². The highest BCUT2D eigenvalue weighted by Gasteiger charge is 2.18. The zero-order valence-electron chi connectivity index (χ0n) is 6.85. The lowest BCUT2D eigenvalue weighted by Gasteiger charge is -2.24. The minimum atomic E-state index is -2.87. The number of halogens is 2. The number of alkyl halides is 2. The molecule has 0 heterocycles. The van der Waals surface area contributed by atoms with Crippen LogP contribution in [0.4, 0.5) is 8.78 Å². The van der Waals surface area contributed by atoms with Crippen molar-refractivity contribution in [2.75, 3.05) is 6.54 Å². The molecule has 12 heavy (non-hydrogen) atoms. The first-order chi connectivity index (χ1) is 5.70. The Balaban J connectivity index is 1.97. The Hall–Kier alpha value is -0.670. The Labute approximate surface area is 70.3 Å². The Morgan fingerprint density at radius 1 is 1.50 bits per heavy atom. The Kier molecular flexibility index (Phi) is 3.44. The molecule has 2 nitrogen and oxygen atoms in total. The van der Waals surface area contributed by atoms with Gasteiger partial charge in [-0.05, 0) is 12.3 Å². The van der Waals surface area contributed by atoms with Gasteiger partial charge in [-0.25, -0.2) is 0 Å². The van der Waals surface area contributed by atoms with Crippen molar-refractivity contribution in [1.29, 1.82) is 0 Å². The van der Waals surface area contributed by atoms with Crippen molar-refractivity contribution in [3.63, 3.8) is 0 Å². The largest absolute Gasteiger partial charge is 0.351 e. The Morgan fingerprint density at radius 3 is 2.58 bits per heavy atom. The number of hydrogen-bond acceptors (Lipinski definition) is 1. The van der Waals surface area contributed by atoms with E-state index in [2.05, 4.69) is 5.32 Å². The fraction of sp³-hybridized carbons (Fsp3) is 0.875. The van der Waals surface area contributed by atoms with Gasteiger partial charge >= 0.3 is 6.43 Å². The quantitative estimate of drug-likeness (QED) is 0.693. The summed E-state index contributed by atoms with van der Waals surface area (Å²) in [5.74, 6) is -0.489. The predicted molar refractivity (Wildman–Crippen MR) is 41.0 cm³/mol. The number of rotatable bonds is 4. The van der Waals surface area contributed by atoms with Crippen molar-refractivity contribution in [2.24, 2.45) is 5.92 Å². The summed E-state index contributed by atoms with van der Waals surface area (Å²) in [5.41, 5.74) is 0. The van der Waals surface area contributed by atoms with Crippen molar-refractivity contribution >= 4 is 5.91 Å². The smallest absolute Gasteiger partial charge is 0.315 e. The van der Waals surface area contributed by atoms with Gasteiger partial charge in [0, 0.05) is 6.54 Å². The monoisotopic (exact) mass is 177 g/mol. The summed E-state index contributed by atoms with van der Waals surface area (Å²) in [6, 6.07) is 0. The Bertz CT molecular complexity index is 157. The van der Waals surface area contributed by atoms with Crippen LogP contribution in [0, 0.1) is 5.92 Å². The van der Waals surface area contributed by atoms with E-state index in [1.54, 1.807) is 0 Å². The molecule has 1 saturated carbocycles. The minimum Gasteiger partial charge on any atom is -0.351 e. The summed E-state index contributed by atoms with van der Waals surface area (Å²) in [4.78, 5) is 10.4. The van der Waals surface area contributed by atoms with E-state index in [4.69, 9.17) is 0 Å². The van der Waals surface area contributed by atoms with E-state index in [1.807, 2.05) is 0 Å².